The molecular formula is C12H19ClN2O2S. The quantitative estimate of drug-likeness (QED) is 0.843. The van der Waals surface area contributed by atoms with E-state index < -0.39 is 15.6 Å². The van der Waals surface area contributed by atoms with Gasteiger partial charge in [-0.25, -0.2) is 13.1 Å². The molecule has 0 unspecified atom stereocenters. The number of hydrogen-bond acceptors (Lipinski definition) is 3. The third kappa shape index (κ3) is 3.68. The first-order chi connectivity index (χ1) is 8.34. The SMILES string of the molecule is CCC(N)(CC)CNS(=O)(=O)c1ccccc1Cl. The monoisotopic (exact) mass is 290 g/mol. The van der Waals surface area contributed by atoms with Gasteiger partial charge in [0.2, 0.25) is 10.0 Å². The van der Waals surface area contributed by atoms with E-state index in [1.165, 1.54) is 6.07 Å². The van der Waals surface area contributed by atoms with Crippen LogP contribution in [0, 0.1) is 0 Å². The minimum Gasteiger partial charge on any atom is -0.324 e. The van der Waals surface area contributed by atoms with E-state index in [0.29, 0.717) is 12.8 Å². The Kier molecular flexibility index (Phi) is 5.16. The number of nitrogens with two attached hydrogens (primary N) is 1. The number of rotatable bonds is 6. The van der Waals surface area contributed by atoms with Gasteiger partial charge in [0, 0.05) is 12.1 Å². The average Bonchev–Trinajstić information content (AvgIpc) is 2.36. The van der Waals surface area contributed by atoms with Gasteiger partial charge in [-0.1, -0.05) is 37.6 Å². The van der Waals surface area contributed by atoms with E-state index in [-0.39, 0.29) is 16.5 Å². The Morgan fingerprint density at radius 2 is 1.83 bits per heavy atom. The summed E-state index contributed by atoms with van der Waals surface area (Å²) in [4.78, 5) is 0.0845. The molecule has 0 fully saturated rings. The van der Waals surface area contributed by atoms with Crippen LogP contribution in [0.15, 0.2) is 29.2 Å². The molecule has 0 radical (unpaired) electrons. The minimum absolute atomic E-state index is 0.0845. The molecule has 1 aromatic carbocycles. The smallest absolute Gasteiger partial charge is 0.242 e. The van der Waals surface area contributed by atoms with Crippen molar-refractivity contribution in [2.45, 2.75) is 37.1 Å². The Balaban J connectivity index is 2.88. The van der Waals surface area contributed by atoms with Gasteiger partial charge in [-0.15, -0.1) is 0 Å². The molecule has 0 saturated carbocycles. The number of hydrogen-bond donors (Lipinski definition) is 2. The second-order valence-corrected chi connectivity index (χ2v) is 6.47. The standard InChI is InChI=1S/C12H19ClN2O2S/c1-3-12(14,4-2)9-15-18(16,17)11-8-6-5-7-10(11)13/h5-8,15H,3-4,9,14H2,1-2H3. The molecule has 18 heavy (non-hydrogen) atoms. The molecule has 4 nitrogen and oxygen atoms in total. The van der Waals surface area contributed by atoms with E-state index in [0.717, 1.165) is 0 Å². The second-order valence-electron chi connectivity index (χ2n) is 4.32. The summed E-state index contributed by atoms with van der Waals surface area (Å²) in [7, 11) is -3.61. The van der Waals surface area contributed by atoms with Gasteiger partial charge in [0.15, 0.2) is 0 Å². The number of sulfonamides is 1. The molecule has 0 aliphatic heterocycles. The summed E-state index contributed by atoms with van der Waals surface area (Å²) < 4.78 is 26.7. The maximum atomic E-state index is 12.1. The van der Waals surface area contributed by atoms with Crippen molar-refractivity contribution in [2.24, 2.45) is 5.73 Å². The lowest BCUT2D eigenvalue weighted by atomic mass is 9.95. The van der Waals surface area contributed by atoms with Crippen molar-refractivity contribution in [3.05, 3.63) is 29.3 Å². The van der Waals surface area contributed by atoms with Crippen LogP contribution in [-0.2, 0) is 10.0 Å². The Morgan fingerprint density at radius 3 is 2.33 bits per heavy atom. The van der Waals surface area contributed by atoms with Gasteiger partial charge in [-0.2, -0.15) is 0 Å². The normalized spacial score (nSPS) is 12.7. The van der Waals surface area contributed by atoms with E-state index >= 15 is 0 Å². The fourth-order valence-electron chi connectivity index (χ4n) is 1.48. The lowest BCUT2D eigenvalue weighted by Crippen LogP contribution is -2.49. The third-order valence-corrected chi connectivity index (χ3v) is 5.05. The molecule has 0 amide bonds. The van der Waals surface area contributed by atoms with Crippen LogP contribution >= 0.6 is 11.6 Å². The van der Waals surface area contributed by atoms with E-state index in [4.69, 9.17) is 17.3 Å². The highest BCUT2D eigenvalue weighted by molar-refractivity contribution is 7.89. The molecule has 0 aliphatic rings. The zero-order valence-electron chi connectivity index (χ0n) is 10.6. The summed E-state index contributed by atoms with van der Waals surface area (Å²) in [5, 5.41) is 0.209. The Morgan fingerprint density at radius 1 is 1.28 bits per heavy atom. The van der Waals surface area contributed by atoms with Gasteiger partial charge in [-0.05, 0) is 25.0 Å². The highest BCUT2D eigenvalue weighted by Gasteiger charge is 2.24. The minimum atomic E-state index is -3.61. The Labute approximate surface area is 114 Å². The summed E-state index contributed by atoms with van der Waals surface area (Å²) in [6, 6.07) is 6.34. The fourth-order valence-corrected chi connectivity index (χ4v) is 3.14. The zero-order valence-corrected chi connectivity index (χ0v) is 12.2. The molecule has 0 bridgehead atoms. The third-order valence-electron chi connectivity index (χ3n) is 3.15. The van der Waals surface area contributed by atoms with Crippen LogP contribution < -0.4 is 10.5 Å². The van der Waals surface area contributed by atoms with Crippen LogP contribution in [0.3, 0.4) is 0 Å². The summed E-state index contributed by atoms with van der Waals surface area (Å²) in [5.41, 5.74) is 5.54. The zero-order chi connectivity index (χ0) is 13.8. The summed E-state index contributed by atoms with van der Waals surface area (Å²) in [6.45, 7) is 4.08. The number of benzene rings is 1. The molecule has 0 saturated heterocycles. The van der Waals surface area contributed by atoms with Gasteiger partial charge in [0.1, 0.15) is 4.90 Å². The first kappa shape index (κ1) is 15.4. The predicted molar refractivity (Wildman–Crippen MR) is 74.1 cm³/mol. The lowest BCUT2D eigenvalue weighted by Gasteiger charge is -2.26. The number of halogens is 1. The Hall–Kier alpha value is -0.620. The largest absolute Gasteiger partial charge is 0.324 e. The summed E-state index contributed by atoms with van der Waals surface area (Å²) in [6.07, 6.45) is 1.41. The molecule has 0 aromatic heterocycles. The maximum absolute atomic E-state index is 12.1. The highest BCUT2D eigenvalue weighted by Crippen LogP contribution is 2.20. The maximum Gasteiger partial charge on any atom is 0.242 e. The van der Waals surface area contributed by atoms with Crippen LogP contribution in [0.25, 0.3) is 0 Å². The van der Waals surface area contributed by atoms with E-state index in [1.807, 2.05) is 13.8 Å². The van der Waals surface area contributed by atoms with Gasteiger partial charge < -0.3 is 5.73 Å². The first-order valence-electron chi connectivity index (χ1n) is 5.88. The van der Waals surface area contributed by atoms with Crippen LogP contribution in [0.2, 0.25) is 5.02 Å². The van der Waals surface area contributed by atoms with Crippen LogP contribution in [0.5, 0.6) is 0 Å². The Bertz CT molecular complexity index is 499. The van der Waals surface area contributed by atoms with Crippen molar-refractivity contribution < 1.29 is 8.42 Å². The number of nitrogens with one attached hydrogen (secondary N) is 1. The van der Waals surface area contributed by atoms with Gasteiger partial charge in [0.25, 0.3) is 0 Å². The molecule has 1 rings (SSSR count). The second kappa shape index (κ2) is 6.02. The highest BCUT2D eigenvalue weighted by atomic mass is 35.5. The molecule has 0 heterocycles. The molecule has 102 valence electrons. The van der Waals surface area contributed by atoms with Crippen molar-refractivity contribution >= 4 is 21.6 Å². The summed E-state index contributed by atoms with van der Waals surface area (Å²) >= 11 is 5.88. The molecule has 6 heteroatoms. The fraction of sp³-hybridized carbons (Fsp3) is 0.500. The molecular weight excluding hydrogens is 272 g/mol. The van der Waals surface area contributed by atoms with Gasteiger partial charge in [0.05, 0.1) is 5.02 Å². The van der Waals surface area contributed by atoms with Crippen LogP contribution in [0.1, 0.15) is 26.7 Å². The van der Waals surface area contributed by atoms with Gasteiger partial charge in [-0.3, -0.25) is 0 Å². The van der Waals surface area contributed by atoms with Crippen LogP contribution in [0.4, 0.5) is 0 Å². The lowest BCUT2D eigenvalue weighted by molar-refractivity contribution is 0.392. The van der Waals surface area contributed by atoms with Crippen LogP contribution in [-0.4, -0.2) is 20.5 Å². The molecule has 1 aromatic rings. The van der Waals surface area contributed by atoms with E-state index in [2.05, 4.69) is 4.72 Å². The van der Waals surface area contributed by atoms with Crippen molar-refractivity contribution in [1.29, 1.82) is 0 Å². The topological polar surface area (TPSA) is 72.2 Å². The van der Waals surface area contributed by atoms with Crippen molar-refractivity contribution in [2.75, 3.05) is 6.54 Å². The predicted octanol–water partition coefficient (Wildman–Crippen LogP) is 2.14. The van der Waals surface area contributed by atoms with E-state index in [9.17, 15) is 8.42 Å². The van der Waals surface area contributed by atoms with Crippen molar-refractivity contribution in [3.8, 4) is 0 Å². The molecule has 0 aliphatic carbocycles. The van der Waals surface area contributed by atoms with Crippen molar-refractivity contribution in [3.63, 3.8) is 0 Å². The van der Waals surface area contributed by atoms with Crippen molar-refractivity contribution in [1.82, 2.24) is 4.72 Å². The molecule has 3 N–H and O–H groups in total. The molecule has 0 atom stereocenters. The van der Waals surface area contributed by atoms with E-state index in [1.54, 1.807) is 18.2 Å². The first-order valence-corrected chi connectivity index (χ1v) is 7.74. The van der Waals surface area contributed by atoms with Gasteiger partial charge >= 0.3 is 0 Å². The summed E-state index contributed by atoms with van der Waals surface area (Å²) in [5.74, 6) is 0. The average molecular weight is 291 g/mol. The molecule has 0 spiro atoms.